The minimum atomic E-state index is 0.309. The maximum absolute atomic E-state index is 5.85. The van der Waals surface area contributed by atoms with Crippen LogP contribution in [0.4, 0.5) is 0 Å². The maximum atomic E-state index is 5.85. The van der Waals surface area contributed by atoms with Crippen molar-refractivity contribution in [3.63, 3.8) is 0 Å². The van der Waals surface area contributed by atoms with Crippen molar-refractivity contribution in [2.75, 3.05) is 13.2 Å². The lowest BCUT2D eigenvalue weighted by Gasteiger charge is -2.07. The highest BCUT2D eigenvalue weighted by atomic mass is 16.6. The van der Waals surface area contributed by atoms with Gasteiger partial charge < -0.3 is 9.47 Å². The van der Waals surface area contributed by atoms with E-state index in [0.717, 1.165) is 18.8 Å². The SMILES string of the molecule is CCCCCCCCCCCCCC=Cc1ccccc1OCC1CO1. The van der Waals surface area contributed by atoms with Crippen molar-refractivity contribution in [2.24, 2.45) is 0 Å². The molecule has 0 aliphatic carbocycles. The molecule has 1 aromatic rings. The Kier molecular flexibility index (Phi) is 11.2. The largest absolute Gasteiger partial charge is 0.490 e. The van der Waals surface area contributed by atoms with Crippen molar-refractivity contribution in [2.45, 2.75) is 90.1 Å². The van der Waals surface area contributed by atoms with E-state index in [1.165, 1.54) is 76.2 Å². The minimum absolute atomic E-state index is 0.309. The maximum Gasteiger partial charge on any atom is 0.126 e. The Hall–Kier alpha value is -1.28. The molecule has 0 bridgehead atoms. The molecule has 1 fully saturated rings. The van der Waals surface area contributed by atoms with E-state index in [0.29, 0.717) is 12.7 Å². The number of hydrogen-bond acceptors (Lipinski definition) is 2. The number of allylic oxidation sites excluding steroid dienone is 1. The van der Waals surface area contributed by atoms with Crippen LogP contribution in [0.15, 0.2) is 30.3 Å². The van der Waals surface area contributed by atoms with Gasteiger partial charge in [0.1, 0.15) is 18.5 Å². The summed E-state index contributed by atoms with van der Waals surface area (Å²) in [6.07, 6.45) is 21.4. The standard InChI is InChI=1S/C24H38O2/c1-2-3-4-5-6-7-8-9-10-11-12-13-14-17-22-18-15-16-19-24(22)26-21-23-20-25-23/h14-19,23H,2-13,20-21H2,1H3. The summed E-state index contributed by atoms with van der Waals surface area (Å²) in [5.41, 5.74) is 1.18. The molecule has 1 aromatic carbocycles. The van der Waals surface area contributed by atoms with Gasteiger partial charge in [0.25, 0.3) is 0 Å². The number of benzene rings is 1. The van der Waals surface area contributed by atoms with Gasteiger partial charge in [0.15, 0.2) is 0 Å². The Labute approximate surface area is 161 Å². The molecule has 1 saturated heterocycles. The van der Waals surface area contributed by atoms with Crippen LogP contribution in [0.25, 0.3) is 6.08 Å². The third-order valence-corrected chi connectivity index (χ3v) is 5.02. The lowest BCUT2D eigenvalue weighted by Crippen LogP contribution is -2.04. The summed E-state index contributed by atoms with van der Waals surface area (Å²) >= 11 is 0. The summed E-state index contributed by atoms with van der Waals surface area (Å²) in [5.74, 6) is 0.971. The molecule has 1 atom stereocenters. The van der Waals surface area contributed by atoms with Gasteiger partial charge in [-0.15, -0.1) is 0 Å². The quantitative estimate of drug-likeness (QED) is 0.230. The van der Waals surface area contributed by atoms with Crippen molar-refractivity contribution in [1.82, 2.24) is 0 Å². The minimum Gasteiger partial charge on any atom is -0.490 e. The zero-order chi connectivity index (χ0) is 18.3. The molecule has 0 spiro atoms. The molecule has 0 aromatic heterocycles. The number of epoxide rings is 1. The molecule has 2 nitrogen and oxygen atoms in total. The van der Waals surface area contributed by atoms with Crippen LogP contribution in [0.1, 0.15) is 89.5 Å². The van der Waals surface area contributed by atoms with Crippen LogP contribution in [0.5, 0.6) is 5.75 Å². The third-order valence-electron chi connectivity index (χ3n) is 5.02. The number of para-hydroxylation sites is 1. The molecule has 146 valence electrons. The Morgan fingerprint density at radius 2 is 1.54 bits per heavy atom. The summed E-state index contributed by atoms with van der Waals surface area (Å²) in [5, 5.41) is 0. The molecule has 0 N–H and O–H groups in total. The highest BCUT2D eigenvalue weighted by molar-refractivity contribution is 5.57. The van der Waals surface area contributed by atoms with Gasteiger partial charge >= 0.3 is 0 Å². The number of ether oxygens (including phenoxy) is 2. The Morgan fingerprint density at radius 1 is 0.923 bits per heavy atom. The zero-order valence-corrected chi connectivity index (χ0v) is 16.8. The van der Waals surface area contributed by atoms with E-state index in [-0.39, 0.29) is 0 Å². The smallest absolute Gasteiger partial charge is 0.126 e. The van der Waals surface area contributed by atoms with Crippen molar-refractivity contribution < 1.29 is 9.47 Å². The zero-order valence-electron chi connectivity index (χ0n) is 16.8. The third kappa shape index (κ3) is 10.0. The van der Waals surface area contributed by atoms with Gasteiger partial charge in [-0.3, -0.25) is 0 Å². The second-order valence-electron chi connectivity index (χ2n) is 7.53. The van der Waals surface area contributed by atoms with Gasteiger partial charge in [0, 0.05) is 5.56 Å². The first kappa shape index (κ1) is 21.0. The van der Waals surface area contributed by atoms with E-state index in [1.807, 2.05) is 12.1 Å². The lowest BCUT2D eigenvalue weighted by molar-refractivity contribution is 0.262. The van der Waals surface area contributed by atoms with E-state index in [1.54, 1.807) is 0 Å². The molecular weight excluding hydrogens is 320 g/mol. The predicted molar refractivity (Wildman–Crippen MR) is 112 cm³/mol. The topological polar surface area (TPSA) is 21.8 Å². The molecule has 2 rings (SSSR count). The molecule has 1 aliphatic heterocycles. The molecular formula is C24H38O2. The van der Waals surface area contributed by atoms with Crippen LogP contribution in [0.2, 0.25) is 0 Å². The van der Waals surface area contributed by atoms with E-state index < -0.39 is 0 Å². The van der Waals surface area contributed by atoms with Gasteiger partial charge in [-0.1, -0.05) is 101 Å². The molecule has 26 heavy (non-hydrogen) atoms. The highest BCUT2D eigenvalue weighted by Gasteiger charge is 2.23. The summed E-state index contributed by atoms with van der Waals surface area (Å²) < 4.78 is 11.1. The Bertz CT molecular complexity index is 491. The molecule has 2 heteroatoms. The molecule has 1 unspecified atom stereocenters. The fourth-order valence-corrected chi connectivity index (χ4v) is 3.23. The average molecular weight is 359 g/mol. The van der Waals surface area contributed by atoms with Crippen LogP contribution < -0.4 is 4.74 Å². The fraction of sp³-hybridized carbons (Fsp3) is 0.667. The van der Waals surface area contributed by atoms with Crippen molar-refractivity contribution in [3.8, 4) is 5.75 Å². The Morgan fingerprint density at radius 3 is 2.19 bits per heavy atom. The average Bonchev–Trinajstić information content (AvgIpc) is 3.49. The van der Waals surface area contributed by atoms with Crippen LogP contribution in [-0.2, 0) is 4.74 Å². The van der Waals surface area contributed by atoms with E-state index in [2.05, 4.69) is 31.2 Å². The molecule has 0 saturated carbocycles. The van der Waals surface area contributed by atoms with Crippen molar-refractivity contribution in [1.29, 1.82) is 0 Å². The van der Waals surface area contributed by atoms with Gasteiger partial charge in [-0.05, 0) is 18.9 Å². The van der Waals surface area contributed by atoms with Gasteiger partial charge in [0.2, 0.25) is 0 Å². The molecule has 0 amide bonds. The van der Waals surface area contributed by atoms with E-state index in [9.17, 15) is 0 Å². The molecule has 1 heterocycles. The molecule has 0 radical (unpaired) electrons. The lowest BCUT2D eigenvalue weighted by atomic mass is 10.0. The number of unbranched alkanes of at least 4 members (excludes halogenated alkanes) is 11. The second-order valence-corrected chi connectivity index (χ2v) is 7.53. The van der Waals surface area contributed by atoms with Gasteiger partial charge in [-0.25, -0.2) is 0 Å². The first-order valence-corrected chi connectivity index (χ1v) is 10.9. The van der Waals surface area contributed by atoms with E-state index >= 15 is 0 Å². The van der Waals surface area contributed by atoms with Crippen molar-refractivity contribution in [3.05, 3.63) is 35.9 Å². The first-order chi connectivity index (χ1) is 12.9. The normalized spacial score (nSPS) is 16.3. The van der Waals surface area contributed by atoms with Crippen LogP contribution in [0, 0.1) is 0 Å². The van der Waals surface area contributed by atoms with Gasteiger partial charge in [-0.2, -0.15) is 0 Å². The number of hydrogen-bond donors (Lipinski definition) is 0. The Balaban J connectivity index is 1.46. The van der Waals surface area contributed by atoms with Gasteiger partial charge in [0.05, 0.1) is 6.61 Å². The van der Waals surface area contributed by atoms with Crippen LogP contribution in [0.3, 0.4) is 0 Å². The fourth-order valence-electron chi connectivity index (χ4n) is 3.23. The van der Waals surface area contributed by atoms with Crippen LogP contribution in [-0.4, -0.2) is 19.3 Å². The van der Waals surface area contributed by atoms with E-state index in [4.69, 9.17) is 9.47 Å². The van der Waals surface area contributed by atoms with Crippen molar-refractivity contribution >= 4 is 6.08 Å². The van der Waals surface area contributed by atoms with Crippen LogP contribution >= 0.6 is 0 Å². The monoisotopic (exact) mass is 358 g/mol. The second kappa shape index (κ2) is 13.9. The predicted octanol–water partition coefficient (Wildman–Crippen LogP) is 7.18. The first-order valence-electron chi connectivity index (χ1n) is 10.9. The summed E-state index contributed by atoms with van der Waals surface area (Å²) in [4.78, 5) is 0. The summed E-state index contributed by atoms with van der Waals surface area (Å²) in [7, 11) is 0. The molecule has 1 aliphatic rings. The summed E-state index contributed by atoms with van der Waals surface area (Å²) in [6, 6.07) is 8.27. The summed E-state index contributed by atoms with van der Waals surface area (Å²) in [6.45, 7) is 3.80. The highest BCUT2D eigenvalue weighted by Crippen LogP contribution is 2.22. The number of rotatable bonds is 16.